The first-order valence-corrected chi connectivity index (χ1v) is 6.89. The zero-order valence-corrected chi connectivity index (χ0v) is 11.8. The molecule has 1 aromatic rings. The predicted molar refractivity (Wildman–Crippen MR) is 72.0 cm³/mol. The standard InChI is InChI=1S/C12H19N3O2S/c1-12(2,3)17-11(16)15-10-14-8-5-4-7(13)6-9(8)18-10/h7H,4-6,13H2,1-3H3,(H,14,15,16)/t7-/m1/s1. The highest BCUT2D eigenvalue weighted by molar-refractivity contribution is 7.15. The molecule has 2 rings (SSSR count). The molecular formula is C12H19N3O2S. The number of fused-ring (bicyclic) bond motifs is 1. The van der Waals surface area contributed by atoms with Gasteiger partial charge in [0.1, 0.15) is 5.60 Å². The molecule has 100 valence electrons. The third-order valence-electron chi connectivity index (χ3n) is 2.59. The largest absolute Gasteiger partial charge is 0.444 e. The Hall–Kier alpha value is -1.14. The van der Waals surface area contributed by atoms with Crippen molar-refractivity contribution in [3.05, 3.63) is 10.6 Å². The number of nitrogens with zero attached hydrogens (tertiary/aromatic N) is 1. The molecule has 0 spiro atoms. The maximum absolute atomic E-state index is 11.6. The highest BCUT2D eigenvalue weighted by Gasteiger charge is 2.22. The molecule has 1 atom stereocenters. The Balaban J connectivity index is 2.01. The molecular weight excluding hydrogens is 250 g/mol. The second-order valence-electron chi connectivity index (χ2n) is 5.52. The second-order valence-corrected chi connectivity index (χ2v) is 6.60. The molecule has 3 N–H and O–H groups in total. The second kappa shape index (κ2) is 4.85. The lowest BCUT2D eigenvalue weighted by atomic mass is 9.99. The summed E-state index contributed by atoms with van der Waals surface area (Å²) in [5.41, 5.74) is 6.48. The van der Waals surface area contributed by atoms with Crippen LogP contribution in [0.5, 0.6) is 0 Å². The normalized spacial score (nSPS) is 19.2. The van der Waals surface area contributed by atoms with Crippen LogP contribution in [0.4, 0.5) is 9.93 Å². The van der Waals surface area contributed by atoms with Gasteiger partial charge >= 0.3 is 6.09 Å². The van der Waals surface area contributed by atoms with Gasteiger partial charge in [0.15, 0.2) is 5.13 Å². The fourth-order valence-electron chi connectivity index (χ4n) is 1.84. The number of carbonyl (C=O) groups excluding carboxylic acids is 1. The lowest BCUT2D eigenvalue weighted by molar-refractivity contribution is 0.0636. The van der Waals surface area contributed by atoms with Crippen molar-refractivity contribution < 1.29 is 9.53 Å². The molecule has 0 saturated heterocycles. The third kappa shape index (κ3) is 3.43. The van der Waals surface area contributed by atoms with Gasteiger partial charge in [-0.15, -0.1) is 11.3 Å². The van der Waals surface area contributed by atoms with E-state index in [0.717, 1.165) is 25.0 Å². The monoisotopic (exact) mass is 269 g/mol. The number of rotatable bonds is 1. The zero-order chi connectivity index (χ0) is 13.3. The van der Waals surface area contributed by atoms with Gasteiger partial charge in [0.25, 0.3) is 0 Å². The Kier molecular flexibility index (Phi) is 3.59. The zero-order valence-electron chi connectivity index (χ0n) is 10.9. The lowest BCUT2D eigenvalue weighted by Crippen LogP contribution is -2.27. The van der Waals surface area contributed by atoms with Crippen molar-refractivity contribution in [3.8, 4) is 0 Å². The van der Waals surface area contributed by atoms with E-state index in [1.165, 1.54) is 16.2 Å². The molecule has 0 fully saturated rings. The topological polar surface area (TPSA) is 77.2 Å². The number of aromatic nitrogens is 1. The van der Waals surface area contributed by atoms with E-state index in [0.29, 0.717) is 5.13 Å². The number of aryl methyl sites for hydroxylation is 1. The third-order valence-corrected chi connectivity index (χ3v) is 3.62. The summed E-state index contributed by atoms with van der Waals surface area (Å²) in [6, 6.07) is 0.215. The first-order chi connectivity index (χ1) is 8.33. The molecule has 0 radical (unpaired) electrons. The van der Waals surface area contributed by atoms with Gasteiger partial charge in [0.05, 0.1) is 5.69 Å². The minimum atomic E-state index is -0.497. The molecule has 1 aromatic heterocycles. The molecule has 1 aliphatic rings. The van der Waals surface area contributed by atoms with E-state index in [2.05, 4.69) is 10.3 Å². The average molecular weight is 269 g/mol. The Labute approximate surface area is 111 Å². The van der Waals surface area contributed by atoms with E-state index in [1.807, 2.05) is 20.8 Å². The fourth-order valence-corrected chi connectivity index (χ4v) is 2.93. The van der Waals surface area contributed by atoms with Crippen LogP contribution < -0.4 is 11.1 Å². The summed E-state index contributed by atoms with van der Waals surface area (Å²) < 4.78 is 5.19. The molecule has 0 aliphatic heterocycles. The highest BCUT2D eigenvalue weighted by Crippen LogP contribution is 2.29. The molecule has 1 amide bonds. The fraction of sp³-hybridized carbons (Fsp3) is 0.667. The molecule has 6 heteroatoms. The number of nitrogens with two attached hydrogens (primary N) is 1. The van der Waals surface area contributed by atoms with E-state index in [9.17, 15) is 4.79 Å². The van der Waals surface area contributed by atoms with Crippen LogP contribution in [0.2, 0.25) is 0 Å². The van der Waals surface area contributed by atoms with Crippen LogP contribution in [0, 0.1) is 0 Å². The Morgan fingerprint density at radius 1 is 1.56 bits per heavy atom. The maximum atomic E-state index is 11.6. The Morgan fingerprint density at radius 2 is 2.28 bits per heavy atom. The summed E-state index contributed by atoms with van der Waals surface area (Å²) in [5.74, 6) is 0. The number of hydrogen-bond donors (Lipinski definition) is 2. The quantitative estimate of drug-likeness (QED) is 0.820. The van der Waals surface area contributed by atoms with E-state index in [1.54, 1.807) is 0 Å². The summed E-state index contributed by atoms with van der Waals surface area (Å²) in [6.45, 7) is 5.50. The van der Waals surface area contributed by atoms with Gasteiger partial charge in [0, 0.05) is 10.9 Å². The summed E-state index contributed by atoms with van der Waals surface area (Å²) in [5, 5.41) is 3.28. The molecule has 0 bridgehead atoms. The summed E-state index contributed by atoms with van der Waals surface area (Å²) in [6.07, 6.45) is 2.24. The van der Waals surface area contributed by atoms with E-state index < -0.39 is 11.7 Å². The van der Waals surface area contributed by atoms with Crippen molar-refractivity contribution in [1.82, 2.24) is 4.98 Å². The van der Waals surface area contributed by atoms with Crippen molar-refractivity contribution in [3.63, 3.8) is 0 Å². The number of thiazole rings is 1. The van der Waals surface area contributed by atoms with Crippen LogP contribution in [0.1, 0.15) is 37.8 Å². The van der Waals surface area contributed by atoms with Crippen molar-refractivity contribution in [1.29, 1.82) is 0 Å². The predicted octanol–water partition coefficient (Wildman–Crippen LogP) is 2.31. The first kappa shape index (κ1) is 13.3. The molecule has 0 unspecified atom stereocenters. The first-order valence-electron chi connectivity index (χ1n) is 6.07. The average Bonchev–Trinajstić information content (AvgIpc) is 2.55. The van der Waals surface area contributed by atoms with Gasteiger partial charge in [-0.25, -0.2) is 9.78 Å². The SMILES string of the molecule is CC(C)(C)OC(=O)Nc1nc2c(s1)C[C@H](N)CC2. The summed E-state index contributed by atoms with van der Waals surface area (Å²) in [4.78, 5) is 17.2. The maximum Gasteiger partial charge on any atom is 0.413 e. The lowest BCUT2D eigenvalue weighted by Gasteiger charge is -2.18. The van der Waals surface area contributed by atoms with Crippen LogP contribution in [0.25, 0.3) is 0 Å². The number of amides is 1. The molecule has 5 nitrogen and oxygen atoms in total. The van der Waals surface area contributed by atoms with E-state index >= 15 is 0 Å². The Morgan fingerprint density at radius 3 is 2.94 bits per heavy atom. The van der Waals surface area contributed by atoms with Gasteiger partial charge in [-0.05, 0) is 40.0 Å². The molecule has 1 aliphatic carbocycles. The molecule has 1 heterocycles. The minimum absolute atomic E-state index is 0.215. The number of anilines is 1. The smallest absolute Gasteiger partial charge is 0.413 e. The van der Waals surface area contributed by atoms with Gasteiger partial charge in [0.2, 0.25) is 0 Å². The van der Waals surface area contributed by atoms with Crippen molar-refractivity contribution in [2.45, 2.75) is 51.7 Å². The van der Waals surface area contributed by atoms with Crippen LogP contribution in [0.15, 0.2) is 0 Å². The highest BCUT2D eigenvalue weighted by atomic mass is 32.1. The summed E-state index contributed by atoms with van der Waals surface area (Å²) in [7, 11) is 0. The van der Waals surface area contributed by atoms with Gasteiger partial charge in [-0.2, -0.15) is 0 Å². The van der Waals surface area contributed by atoms with Gasteiger partial charge in [-0.3, -0.25) is 5.32 Å². The van der Waals surface area contributed by atoms with Crippen molar-refractivity contribution in [2.24, 2.45) is 5.73 Å². The number of hydrogen-bond acceptors (Lipinski definition) is 5. The number of carbonyl (C=O) groups is 1. The van der Waals surface area contributed by atoms with E-state index in [4.69, 9.17) is 10.5 Å². The molecule has 0 saturated carbocycles. The molecule has 18 heavy (non-hydrogen) atoms. The van der Waals surface area contributed by atoms with Gasteiger partial charge < -0.3 is 10.5 Å². The van der Waals surface area contributed by atoms with Crippen LogP contribution in [-0.4, -0.2) is 22.7 Å². The van der Waals surface area contributed by atoms with E-state index in [-0.39, 0.29) is 6.04 Å². The number of nitrogens with one attached hydrogen (secondary N) is 1. The van der Waals surface area contributed by atoms with Crippen LogP contribution >= 0.6 is 11.3 Å². The molecule has 0 aromatic carbocycles. The summed E-state index contributed by atoms with van der Waals surface area (Å²) >= 11 is 1.49. The van der Waals surface area contributed by atoms with Crippen molar-refractivity contribution in [2.75, 3.05) is 5.32 Å². The van der Waals surface area contributed by atoms with Gasteiger partial charge in [-0.1, -0.05) is 0 Å². The van der Waals surface area contributed by atoms with Crippen LogP contribution in [-0.2, 0) is 17.6 Å². The van der Waals surface area contributed by atoms with Crippen molar-refractivity contribution >= 4 is 22.6 Å². The minimum Gasteiger partial charge on any atom is -0.444 e. The van der Waals surface area contributed by atoms with Crippen LogP contribution in [0.3, 0.4) is 0 Å². The number of ether oxygens (including phenoxy) is 1. The Bertz CT molecular complexity index is 451.